The van der Waals surface area contributed by atoms with Crippen LogP contribution in [-0.2, 0) is 9.59 Å². The van der Waals surface area contributed by atoms with Crippen molar-refractivity contribution >= 4 is 11.9 Å². The van der Waals surface area contributed by atoms with Crippen LogP contribution in [0.2, 0.25) is 0 Å². The molecule has 0 amide bonds. The van der Waals surface area contributed by atoms with E-state index in [0.29, 0.717) is 38.5 Å². The van der Waals surface area contributed by atoms with E-state index in [1.165, 1.54) is 0 Å². The Morgan fingerprint density at radius 3 is 1.45 bits per heavy atom. The van der Waals surface area contributed by atoms with E-state index < -0.39 is 29.1 Å². The summed E-state index contributed by atoms with van der Waals surface area (Å²) in [6, 6.07) is 0. The molecular formula is C16H28O6. The molecule has 0 aromatic rings. The average Bonchev–Trinajstić information content (AvgIpc) is 2.59. The van der Waals surface area contributed by atoms with Gasteiger partial charge in [0.25, 0.3) is 0 Å². The highest BCUT2D eigenvalue weighted by molar-refractivity contribution is 5.98. The molecule has 2 aliphatic carbocycles. The van der Waals surface area contributed by atoms with Crippen molar-refractivity contribution in [2.75, 3.05) is 13.2 Å². The molecule has 0 bridgehead atoms. The Morgan fingerprint density at radius 2 is 1.23 bits per heavy atom. The molecule has 0 spiro atoms. The van der Waals surface area contributed by atoms with Gasteiger partial charge in [-0.3, -0.25) is 9.59 Å². The van der Waals surface area contributed by atoms with Crippen molar-refractivity contribution in [3.05, 3.63) is 0 Å². The molecule has 0 heterocycles. The predicted molar refractivity (Wildman–Crippen MR) is 80.4 cm³/mol. The third-order valence-corrected chi connectivity index (χ3v) is 4.64. The summed E-state index contributed by atoms with van der Waals surface area (Å²) < 4.78 is 15.4. The number of rotatable bonds is 4. The van der Waals surface area contributed by atoms with Crippen LogP contribution in [0.15, 0.2) is 0 Å². The lowest BCUT2D eigenvalue weighted by atomic mass is 9.74. The second kappa shape index (κ2) is 9.10. The van der Waals surface area contributed by atoms with Crippen molar-refractivity contribution < 1.29 is 32.8 Å². The Balaban J connectivity index is 0.000000240. The molecule has 128 valence electrons. The van der Waals surface area contributed by atoms with Gasteiger partial charge in [-0.15, -0.1) is 0 Å². The first-order chi connectivity index (χ1) is 11.1. The van der Waals surface area contributed by atoms with Gasteiger partial charge in [0.15, 0.2) is 5.41 Å². The Kier molecular flexibility index (Phi) is 6.51. The largest absolute Gasteiger partial charge is 0.480 e. The van der Waals surface area contributed by atoms with Crippen LogP contribution in [0.1, 0.15) is 60.5 Å². The summed E-state index contributed by atoms with van der Waals surface area (Å²) in [4.78, 5) is 21.5. The minimum atomic E-state index is -1.49. The fraction of sp³-hybridized carbons (Fsp3) is 0.875. The number of hydrogen-bond donors (Lipinski definition) is 4. The number of aliphatic hydroxyl groups is 2. The van der Waals surface area contributed by atoms with Gasteiger partial charge in [0.2, 0.25) is 0 Å². The third-order valence-electron chi connectivity index (χ3n) is 4.64. The van der Waals surface area contributed by atoms with Crippen LogP contribution < -0.4 is 0 Å². The molecule has 0 saturated heterocycles. The molecule has 0 aliphatic heterocycles. The first kappa shape index (κ1) is 15.7. The first-order valence-corrected chi connectivity index (χ1v) is 7.82. The van der Waals surface area contributed by atoms with E-state index in [-0.39, 0.29) is 26.1 Å². The van der Waals surface area contributed by atoms with Crippen LogP contribution >= 0.6 is 0 Å². The molecule has 0 atom stereocenters. The predicted octanol–water partition coefficient (Wildman–Crippen LogP) is 1.88. The van der Waals surface area contributed by atoms with Crippen LogP contribution in [0.5, 0.6) is 0 Å². The van der Waals surface area contributed by atoms with Gasteiger partial charge in [-0.1, -0.05) is 19.3 Å². The zero-order valence-corrected chi connectivity index (χ0v) is 12.9. The SMILES string of the molecule is O=C(O)C1(C(=O)O)CCCCC1.[2H]C1(CO)CCC([2H])(CO)CC1. The molecule has 6 heteroatoms. The van der Waals surface area contributed by atoms with E-state index in [1.54, 1.807) is 0 Å². The van der Waals surface area contributed by atoms with Crippen molar-refractivity contribution in [2.45, 2.75) is 57.8 Å². The lowest BCUT2D eigenvalue weighted by Gasteiger charge is -2.28. The van der Waals surface area contributed by atoms with Crippen molar-refractivity contribution in [1.29, 1.82) is 0 Å². The molecule has 0 unspecified atom stereocenters. The van der Waals surface area contributed by atoms with Gasteiger partial charge in [-0.2, -0.15) is 0 Å². The zero-order chi connectivity index (χ0) is 18.4. The maximum Gasteiger partial charge on any atom is 0.321 e. The Bertz CT molecular complexity index is 406. The summed E-state index contributed by atoms with van der Waals surface area (Å²) in [7, 11) is 0. The molecular weight excluding hydrogens is 288 g/mol. The van der Waals surface area contributed by atoms with E-state index in [2.05, 4.69) is 0 Å². The average molecular weight is 318 g/mol. The van der Waals surface area contributed by atoms with Gasteiger partial charge < -0.3 is 20.4 Å². The second-order valence-corrected chi connectivity index (χ2v) is 6.07. The van der Waals surface area contributed by atoms with E-state index in [0.717, 1.165) is 6.42 Å². The lowest BCUT2D eigenvalue weighted by Crippen LogP contribution is -2.40. The summed E-state index contributed by atoms with van der Waals surface area (Å²) in [5.74, 6) is -3.87. The van der Waals surface area contributed by atoms with Gasteiger partial charge in [0, 0.05) is 16.0 Å². The minimum absolute atomic E-state index is 0.130. The molecule has 0 aromatic carbocycles. The van der Waals surface area contributed by atoms with Gasteiger partial charge in [0.05, 0.1) is 0 Å². The monoisotopic (exact) mass is 318 g/mol. The molecule has 6 nitrogen and oxygen atoms in total. The van der Waals surface area contributed by atoms with Crippen molar-refractivity contribution in [2.24, 2.45) is 17.2 Å². The summed E-state index contributed by atoms with van der Waals surface area (Å²) in [5.41, 5.74) is -1.49. The zero-order valence-electron chi connectivity index (χ0n) is 14.9. The van der Waals surface area contributed by atoms with E-state index >= 15 is 0 Å². The molecule has 2 saturated carbocycles. The highest BCUT2D eigenvalue weighted by atomic mass is 16.4. The number of aliphatic hydroxyl groups excluding tert-OH is 2. The Morgan fingerprint density at radius 1 is 0.864 bits per heavy atom. The quantitative estimate of drug-likeness (QED) is 0.588. The van der Waals surface area contributed by atoms with E-state index in [9.17, 15) is 9.59 Å². The molecule has 0 aromatic heterocycles. The number of hydrogen-bond acceptors (Lipinski definition) is 4. The standard InChI is InChI=1S/C8H12O4.C8H16O2/c9-6(10)8(7(11)12)4-2-1-3-5-8;9-5-7-1-2-8(6-10)4-3-7/h1-5H2,(H,9,10)(H,11,12);7-10H,1-6H2/i;7D,8D. The van der Waals surface area contributed by atoms with Gasteiger partial charge in [0.1, 0.15) is 0 Å². The first-order valence-electron chi connectivity index (χ1n) is 8.82. The fourth-order valence-corrected chi connectivity index (χ4v) is 2.95. The Labute approximate surface area is 134 Å². The smallest absolute Gasteiger partial charge is 0.321 e. The maximum atomic E-state index is 10.7. The van der Waals surface area contributed by atoms with Gasteiger partial charge >= 0.3 is 11.9 Å². The van der Waals surface area contributed by atoms with Crippen LogP contribution in [0.4, 0.5) is 0 Å². The molecule has 2 fully saturated rings. The molecule has 22 heavy (non-hydrogen) atoms. The maximum absolute atomic E-state index is 10.7. The Hall–Kier alpha value is -1.14. The molecule has 2 aliphatic rings. The van der Waals surface area contributed by atoms with Crippen LogP contribution in [0.25, 0.3) is 0 Å². The molecule has 0 radical (unpaired) electrons. The summed E-state index contributed by atoms with van der Waals surface area (Å²) in [6.45, 7) is -0.261. The van der Waals surface area contributed by atoms with Crippen LogP contribution in [-0.4, -0.2) is 45.6 Å². The van der Waals surface area contributed by atoms with Crippen molar-refractivity contribution in [3.8, 4) is 0 Å². The van der Waals surface area contributed by atoms with Crippen LogP contribution in [0.3, 0.4) is 0 Å². The second-order valence-electron chi connectivity index (χ2n) is 6.07. The number of aliphatic carboxylic acids is 2. The van der Waals surface area contributed by atoms with Crippen molar-refractivity contribution in [3.63, 3.8) is 0 Å². The van der Waals surface area contributed by atoms with Crippen LogP contribution in [0, 0.1) is 17.2 Å². The number of carboxylic acids is 2. The molecule has 2 rings (SSSR count). The van der Waals surface area contributed by atoms with E-state index in [4.69, 9.17) is 23.2 Å². The molecule has 4 N–H and O–H groups in total. The third kappa shape index (κ3) is 4.95. The highest BCUT2D eigenvalue weighted by Crippen LogP contribution is 2.36. The van der Waals surface area contributed by atoms with E-state index in [1.807, 2.05) is 0 Å². The summed E-state index contributed by atoms with van der Waals surface area (Å²) in [6.07, 6.45) is 5.00. The summed E-state index contributed by atoms with van der Waals surface area (Å²) >= 11 is 0. The topological polar surface area (TPSA) is 115 Å². The van der Waals surface area contributed by atoms with Crippen molar-refractivity contribution in [1.82, 2.24) is 0 Å². The van der Waals surface area contributed by atoms with Gasteiger partial charge in [-0.25, -0.2) is 0 Å². The lowest BCUT2D eigenvalue weighted by molar-refractivity contribution is -0.167. The number of carboxylic acid groups (broad SMARTS) is 2. The van der Waals surface area contributed by atoms with Gasteiger partial charge in [-0.05, 0) is 50.3 Å². The normalized spacial score (nSPS) is 35.4. The fourth-order valence-electron chi connectivity index (χ4n) is 2.95. The summed E-state index contributed by atoms with van der Waals surface area (Å²) in [5, 5.41) is 35.3. The highest BCUT2D eigenvalue weighted by Gasteiger charge is 2.46. The minimum Gasteiger partial charge on any atom is -0.480 e. The number of carbonyl (C=O) groups is 2.